The second kappa shape index (κ2) is 11.4. The molecular formula is C34H38Cl2Zr. The van der Waals surface area contributed by atoms with Gasteiger partial charge in [0.1, 0.15) is 0 Å². The summed E-state index contributed by atoms with van der Waals surface area (Å²) in [6, 6.07) is 21.0. The molecule has 0 saturated heterocycles. The predicted molar refractivity (Wildman–Crippen MR) is 148 cm³/mol. The molecule has 0 amide bonds. The van der Waals surface area contributed by atoms with Gasteiger partial charge in [-0.1, -0.05) is 0 Å². The molecule has 2 aliphatic rings. The third-order valence-electron chi connectivity index (χ3n) is 8.06. The summed E-state index contributed by atoms with van der Waals surface area (Å²) in [6.07, 6.45) is 5.03. The van der Waals surface area contributed by atoms with Gasteiger partial charge in [0.2, 0.25) is 0 Å². The van der Waals surface area contributed by atoms with Crippen molar-refractivity contribution >= 4 is 12.2 Å². The van der Waals surface area contributed by atoms with Crippen LogP contribution in [0, 0.1) is 19.8 Å². The fourth-order valence-corrected chi connectivity index (χ4v) is 11.1. The van der Waals surface area contributed by atoms with Gasteiger partial charge in [-0.3, -0.25) is 0 Å². The molecule has 3 heteroatoms. The number of aryl methyl sites for hydroxylation is 1. The fraction of sp³-hybridized carbons (Fsp3) is 0.353. The summed E-state index contributed by atoms with van der Waals surface area (Å²) in [5, 5.41) is 0. The van der Waals surface area contributed by atoms with Gasteiger partial charge in [0, 0.05) is 0 Å². The summed E-state index contributed by atoms with van der Waals surface area (Å²) in [7, 11) is 0. The second-order valence-corrected chi connectivity index (χ2v) is 15.5. The van der Waals surface area contributed by atoms with Gasteiger partial charge in [0.05, 0.1) is 0 Å². The zero-order valence-corrected chi connectivity index (χ0v) is 27.3. The van der Waals surface area contributed by atoms with E-state index in [9.17, 15) is 0 Å². The topological polar surface area (TPSA) is 0 Å². The van der Waals surface area contributed by atoms with Crippen molar-refractivity contribution in [3.63, 3.8) is 0 Å². The first-order chi connectivity index (χ1) is 16.6. The molecule has 0 radical (unpaired) electrons. The maximum atomic E-state index is 2.53. The molecule has 0 spiro atoms. The van der Waals surface area contributed by atoms with Crippen LogP contribution in [-0.2, 0) is 28.6 Å². The van der Waals surface area contributed by atoms with E-state index in [1.807, 2.05) is 0 Å². The van der Waals surface area contributed by atoms with Crippen molar-refractivity contribution in [3.05, 3.63) is 105 Å². The number of benzene rings is 3. The average Bonchev–Trinajstić information content (AvgIpc) is 3.32. The number of hydrogen-bond donors (Lipinski definition) is 0. The summed E-state index contributed by atoms with van der Waals surface area (Å²) in [5.41, 5.74) is 16.6. The predicted octanol–water partition coefficient (Wildman–Crippen LogP) is 3.61. The molecule has 0 fully saturated rings. The number of allylic oxidation sites excluding steroid dienone is 2. The van der Waals surface area contributed by atoms with Gasteiger partial charge < -0.3 is 24.8 Å². The Bertz CT molecular complexity index is 1350. The molecule has 0 heterocycles. The molecule has 3 aromatic rings. The summed E-state index contributed by atoms with van der Waals surface area (Å²) < 4.78 is 1.31. The van der Waals surface area contributed by atoms with Crippen LogP contribution in [0.1, 0.15) is 87.7 Å². The van der Waals surface area contributed by atoms with Gasteiger partial charge in [-0.05, 0) is 0 Å². The third-order valence-corrected chi connectivity index (χ3v) is 13.2. The van der Waals surface area contributed by atoms with E-state index >= 15 is 0 Å². The van der Waals surface area contributed by atoms with Gasteiger partial charge in [-0.2, -0.15) is 0 Å². The molecule has 5 rings (SSSR count). The molecule has 192 valence electrons. The van der Waals surface area contributed by atoms with Gasteiger partial charge in [-0.15, -0.1) is 0 Å². The van der Waals surface area contributed by atoms with Crippen LogP contribution >= 0.6 is 0 Å². The van der Waals surface area contributed by atoms with Crippen molar-refractivity contribution in [2.45, 2.75) is 68.1 Å². The van der Waals surface area contributed by atoms with E-state index in [0.717, 1.165) is 0 Å². The van der Waals surface area contributed by atoms with Crippen LogP contribution in [0.15, 0.2) is 65.7 Å². The molecule has 2 unspecified atom stereocenters. The summed E-state index contributed by atoms with van der Waals surface area (Å²) >= 11 is -0.842. The summed E-state index contributed by atoms with van der Waals surface area (Å²) in [5.74, 6) is 0.607. The van der Waals surface area contributed by atoms with E-state index in [2.05, 4.69) is 122 Å². The first kappa shape index (κ1) is 30.1. The molecule has 3 aromatic carbocycles. The minimum atomic E-state index is -0.842. The Morgan fingerprint density at radius 3 is 2.05 bits per heavy atom. The molecule has 0 aromatic heterocycles. The molecular weight excluding hydrogens is 571 g/mol. The Morgan fingerprint density at radius 2 is 1.43 bits per heavy atom. The van der Waals surface area contributed by atoms with Gasteiger partial charge in [-0.25, -0.2) is 0 Å². The van der Waals surface area contributed by atoms with Crippen LogP contribution in [0.5, 0.6) is 0 Å². The number of fused-ring (bicyclic) bond motifs is 2. The van der Waals surface area contributed by atoms with Gasteiger partial charge in [0.15, 0.2) is 0 Å². The van der Waals surface area contributed by atoms with Crippen LogP contribution in [0.4, 0.5) is 0 Å². The monoisotopic (exact) mass is 606 g/mol. The number of hydrogen-bond acceptors (Lipinski definition) is 0. The van der Waals surface area contributed by atoms with E-state index in [1.165, 1.54) is 38.9 Å². The second-order valence-electron chi connectivity index (χ2n) is 11.9. The summed E-state index contributed by atoms with van der Waals surface area (Å²) in [6.45, 7) is 18.6. The average molecular weight is 609 g/mol. The Kier molecular flexibility index (Phi) is 9.27. The van der Waals surface area contributed by atoms with Crippen LogP contribution < -0.4 is 24.8 Å². The van der Waals surface area contributed by atoms with Crippen LogP contribution in [0.2, 0.25) is 0 Å². The molecule has 37 heavy (non-hydrogen) atoms. The van der Waals surface area contributed by atoms with E-state index in [-0.39, 0.29) is 30.2 Å². The Labute approximate surface area is 248 Å². The Balaban J connectivity index is 0.00000190. The standard InChI is InChI=1S/C22H25.C12H13.2ClH.Zr/c1-14-11-18-13-15(2)16(3)21(20(18)12-14)17-7-9-19(10-8-17)22(4,5)6;1-9(2)12-7-10-5-3-4-6-11(10)8-12;;;/h7-13H,1-6H3;3-9H,1-2H3;2*1H;/q;;;;+2/p-2. The van der Waals surface area contributed by atoms with Crippen molar-refractivity contribution in [2.75, 3.05) is 0 Å². The van der Waals surface area contributed by atoms with E-state index < -0.39 is 23.2 Å². The first-order valence-corrected chi connectivity index (χ1v) is 15.9. The molecule has 0 saturated carbocycles. The van der Waals surface area contributed by atoms with E-state index in [4.69, 9.17) is 0 Å². The maximum Gasteiger partial charge on any atom is -1.00 e. The van der Waals surface area contributed by atoms with Crippen molar-refractivity contribution in [2.24, 2.45) is 5.92 Å². The Morgan fingerprint density at radius 1 is 0.784 bits per heavy atom. The van der Waals surface area contributed by atoms with Crippen LogP contribution in [0.3, 0.4) is 0 Å². The molecule has 0 nitrogen and oxygen atoms in total. The van der Waals surface area contributed by atoms with Crippen molar-refractivity contribution < 1.29 is 48.0 Å². The largest absolute Gasteiger partial charge is 1.00 e. The first-order valence-electron chi connectivity index (χ1n) is 13.1. The number of rotatable bonds is 4. The zero-order chi connectivity index (χ0) is 25.1. The maximum absolute atomic E-state index is 2.53. The van der Waals surface area contributed by atoms with E-state index in [0.29, 0.717) is 13.2 Å². The molecule has 0 bridgehead atoms. The SMILES string of the molecule is CC1=Cc2c(cc(C)c(C)c2-c2ccc(C(C)(C)C)cc2)[CH]1[Zr+2][CH]1C(C(C)C)=Cc2ccccc21.[Cl-].[Cl-]. The van der Waals surface area contributed by atoms with Crippen molar-refractivity contribution in [1.29, 1.82) is 0 Å². The van der Waals surface area contributed by atoms with Gasteiger partial charge in [0.25, 0.3) is 0 Å². The minimum absolute atomic E-state index is 0. The fourth-order valence-electron chi connectivity index (χ4n) is 5.84. The molecule has 2 atom stereocenters. The zero-order valence-electron chi connectivity index (χ0n) is 23.3. The Hall–Kier alpha value is -1.40. The summed E-state index contributed by atoms with van der Waals surface area (Å²) in [4.78, 5) is 0. The molecule has 2 aliphatic carbocycles. The van der Waals surface area contributed by atoms with Gasteiger partial charge >= 0.3 is 225 Å². The smallest absolute Gasteiger partial charge is 1.00 e. The van der Waals surface area contributed by atoms with Crippen molar-refractivity contribution in [3.8, 4) is 11.1 Å². The normalized spacial score (nSPS) is 17.8. The quantitative estimate of drug-likeness (QED) is 0.425. The molecule has 0 aliphatic heterocycles. The number of halogens is 2. The molecule has 0 N–H and O–H groups in total. The van der Waals surface area contributed by atoms with Crippen molar-refractivity contribution in [1.82, 2.24) is 0 Å². The van der Waals surface area contributed by atoms with Crippen LogP contribution in [0.25, 0.3) is 23.3 Å². The van der Waals surface area contributed by atoms with Crippen LogP contribution in [-0.4, -0.2) is 0 Å². The third kappa shape index (κ3) is 5.52. The van der Waals surface area contributed by atoms with E-state index in [1.54, 1.807) is 22.3 Å². The minimum Gasteiger partial charge on any atom is -1.00 e.